The van der Waals surface area contributed by atoms with Crippen LogP contribution in [0.3, 0.4) is 0 Å². The number of aromatic nitrogens is 1. The van der Waals surface area contributed by atoms with Crippen molar-refractivity contribution in [2.24, 2.45) is 5.73 Å². The zero-order valence-electron chi connectivity index (χ0n) is 9.90. The van der Waals surface area contributed by atoms with Gasteiger partial charge < -0.3 is 5.73 Å². The number of hydrogen-bond acceptors (Lipinski definition) is 2. The summed E-state index contributed by atoms with van der Waals surface area (Å²) < 4.78 is 0. The molecule has 1 unspecified atom stereocenters. The molecule has 2 heteroatoms. The lowest BCUT2D eigenvalue weighted by Crippen LogP contribution is -2.15. The first-order chi connectivity index (χ1) is 7.66. The third-order valence-corrected chi connectivity index (χ3v) is 2.80. The molecule has 0 radical (unpaired) electrons. The fraction of sp³-hybridized carbons (Fsp3) is 0.357. The number of rotatable bonds is 3. The first-order valence-corrected chi connectivity index (χ1v) is 5.77. The second kappa shape index (κ2) is 4.62. The number of benzene rings is 1. The van der Waals surface area contributed by atoms with Crippen LogP contribution in [0.25, 0.3) is 10.9 Å². The molecule has 0 fully saturated rings. The Morgan fingerprint density at radius 2 is 2.06 bits per heavy atom. The summed E-state index contributed by atoms with van der Waals surface area (Å²) in [5.41, 5.74) is 9.34. The number of pyridine rings is 1. The van der Waals surface area contributed by atoms with Gasteiger partial charge in [-0.15, -0.1) is 0 Å². The Labute approximate surface area is 96.5 Å². The molecule has 0 aliphatic carbocycles. The standard InChI is InChI=1S/C14H18N2/c1-10(15)7-8-12-9-11(2)16-14-6-4-3-5-13(12)14/h3-6,9-10H,7-8,15H2,1-2H3. The number of nitrogens with zero attached hydrogens (tertiary/aromatic N) is 1. The molecule has 1 aromatic carbocycles. The van der Waals surface area contributed by atoms with Crippen molar-refractivity contribution in [1.29, 1.82) is 0 Å². The SMILES string of the molecule is Cc1cc(CCC(C)N)c2ccccc2n1. The Bertz CT molecular complexity index is 489. The maximum absolute atomic E-state index is 5.81. The van der Waals surface area contributed by atoms with E-state index < -0.39 is 0 Å². The van der Waals surface area contributed by atoms with Gasteiger partial charge in [0.25, 0.3) is 0 Å². The number of aryl methyl sites for hydroxylation is 2. The fourth-order valence-electron chi connectivity index (χ4n) is 1.98. The molecule has 2 N–H and O–H groups in total. The molecule has 0 saturated carbocycles. The van der Waals surface area contributed by atoms with Crippen molar-refractivity contribution in [3.63, 3.8) is 0 Å². The van der Waals surface area contributed by atoms with Crippen molar-refractivity contribution >= 4 is 10.9 Å². The van der Waals surface area contributed by atoms with E-state index >= 15 is 0 Å². The van der Waals surface area contributed by atoms with Crippen LogP contribution in [0, 0.1) is 6.92 Å². The van der Waals surface area contributed by atoms with Crippen molar-refractivity contribution < 1.29 is 0 Å². The number of fused-ring (bicyclic) bond motifs is 1. The van der Waals surface area contributed by atoms with E-state index in [0.717, 1.165) is 24.1 Å². The summed E-state index contributed by atoms with van der Waals surface area (Å²) in [6, 6.07) is 10.7. The molecule has 16 heavy (non-hydrogen) atoms. The van der Waals surface area contributed by atoms with Gasteiger partial charge in [0, 0.05) is 17.1 Å². The first-order valence-electron chi connectivity index (χ1n) is 5.77. The van der Waals surface area contributed by atoms with E-state index in [1.165, 1.54) is 10.9 Å². The highest BCUT2D eigenvalue weighted by atomic mass is 14.7. The molecule has 2 nitrogen and oxygen atoms in total. The normalized spacial score (nSPS) is 12.9. The van der Waals surface area contributed by atoms with Gasteiger partial charge in [0.15, 0.2) is 0 Å². The Morgan fingerprint density at radius 3 is 2.81 bits per heavy atom. The maximum atomic E-state index is 5.81. The maximum Gasteiger partial charge on any atom is 0.0707 e. The monoisotopic (exact) mass is 214 g/mol. The predicted octanol–water partition coefficient (Wildman–Crippen LogP) is 2.82. The molecule has 1 aromatic heterocycles. The van der Waals surface area contributed by atoms with Gasteiger partial charge in [-0.25, -0.2) is 0 Å². The van der Waals surface area contributed by atoms with Gasteiger partial charge in [0.05, 0.1) is 5.52 Å². The molecule has 84 valence electrons. The summed E-state index contributed by atoms with van der Waals surface area (Å²) in [7, 11) is 0. The van der Waals surface area contributed by atoms with Crippen LogP contribution in [0.1, 0.15) is 24.6 Å². The Hall–Kier alpha value is -1.41. The average Bonchev–Trinajstić information content (AvgIpc) is 2.25. The number of para-hydroxylation sites is 1. The van der Waals surface area contributed by atoms with Crippen LogP contribution in [0.4, 0.5) is 0 Å². The van der Waals surface area contributed by atoms with E-state index in [2.05, 4.69) is 36.2 Å². The lowest BCUT2D eigenvalue weighted by molar-refractivity contribution is 0.667. The van der Waals surface area contributed by atoms with E-state index in [1.807, 2.05) is 13.0 Å². The zero-order chi connectivity index (χ0) is 11.5. The third-order valence-electron chi connectivity index (χ3n) is 2.80. The average molecular weight is 214 g/mol. The van der Waals surface area contributed by atoms with Crippen molar-refractivity contribution in [2.75, 3.05) is 0 Å². The molecule has 2 rings (SSSR count). The highest BCUT2D eigenvalue weighted by Crippen LogP contribution is 2.19. The lowest BCUT2D eigenvalue weighted by atomic mass is 10.0. The highest BCUT2D eigenvalue weighted by Gasteiger charge is 2.04. The molecule has 0 bridgehead atoms. The first kappa shape index (κ1) is 11.1. The summed E-state index contributed by atoms with van der Waals surface area (Å²) in [5, 5.41) is 1.26. The van der Waals surface area contributed by atoms with Crippen LogP contribution in [-0.2, 0) is 6.42 Å². The van der Waals surface area contributed by atoms with Gasteiger partial charge in [-0.1, -0.05) is 18.2 Å². The van der Waals surface area contributed by atoms with Crippen LogP contribution in [0.15, 0.2) is 30.3 Å². The summed E-state index contributed by atoms with van der Waals surface area (Å²) in [6.45, 7) is 4.10. The van der Waals surface area contributed by atoms with Crippen LogP contribution in [-0.4, -0.2) is 11.0 Å². The topological polar surface area (TPSA) is 38.9 Å². The van der Waals surface area contributed by atoms with Crippen molar-refractivity contribution in [2.45, 2.75) is 32.7 Å². The minimum atomic E-state index is 0.257. The van der Waals surface area contributed by atoms with E-state index in [1.54, 1.807) is 0 Å². The van der Waals surface area contributed by atoms with Gasteiger partial charge in [0.2, 0.25) is 0 Å². The number of hydrogen-bond donors (Lipinski definition) is 1. The van der Waals surface area contributed by atoms with Crippen LogP contribution in [0.2, 0.25) is 0 Å². The van der Waals surface area contributed by atoms with E-state index in [9.17, 15) is 0 Å². The van der Waals surface area contributed by atoms with Crippen molar-refractivity contribution in [3.05, 3.63) is 41.6 Å². The molecule has 0 amide bonds. The summed E-state index contributed by atoms with van der Waals surface area (Å²) in [6.07, 6.45) is 2.05. The van der Waals surface area contributed by atoms with Gasteiger partial charge in [0.1, 0.15) is 0 Å². The molecule has 1 atom stereocenters. The minimum absolute atomic E-state index is 0.257. The quantitative estimate of drug-likeness (QED) is 0.853. The molecule has 0 aliphatic rings. The van der Waals surface area contributed by atoms with E-state index in [0.29, 0.717) is 0 Å². The summed E-state index contributed by atoms with van der Waals surface area (Å²) in [5.74, 6) is 0. The molecule has 0 saturated heterocycles. The molecule has 0 aliphatic heterocycles. The van der Waals surface area contributed by atoms with Crippen molar-refractivity contribution in [1.82, 2.24) is 4.98 Å². The molecule has 0 spiro atoms. The third kappa shape index (κ3) is 2.39. The highest BCUT2D eigenvalue weighted by molar-refractivity contribution is 5.82. The summed E-state index contributed by atoms with van der Waals surface area (Å²) in [4.78, 5) is 4.53. The van der Waals surface area contributed by atoms with E-state index in [-0.39, 0.29) is 6.04 Å². The number of nitrogens with two attached hydrogens (primary N) is 1. The molecular weight excluding hydrogens is 196 g/mol. The smallest absolute Gasteiger partial charge is 0.0707 e. The fourth-order valence-corrected chi connectivity index (χ4v) is 1.98. The summed E-state index contributed by atoms with van der Waals surface area (Å²) >= 11 is 0. The largest absolute Gasteiger partial charge is 0.328 e. The zero-order valence-corrected chi connectivity index (χ0v) is 9.90. The Kier molecular flexibility index (Phi) is 3.20. The second-order valence-electron chi connectivity index (χ2n) is 4.46. The van der Waals surface area contributed by atoms with Gasteiger partial charge in [-0.05, 0) is 44.4 Å². The van der Waals surface area contributed by atoms with Gasteiger partial charge in [-0.2, -0.15) is 0 Å². The van der Waals surface area contributed by atoms with Gasteiger partial charge in [-0.3, -0.25) is 4.98 Å². The van der Waals surface area contributed by atoms with E-state index in [4.69, 9.17) is 5.73 Å². The van der Waals surface area contributed by atoms with Crippen LogP contribution in [0.5, 0.6) is 0 Å². The molecule has 1 heterocycles. The Balaban J connectivity index is 2.42. The van der Waals surface area contributed by atoms with Gasteiger partial charge >= 0.3 is 0 Å². The molecular formula is C14H18N2. The van der Waals surface area contributed by atoms with Crippen molar-refractivity contribution in [3.8, 4) is 0 Å². The molecule has 2 aromatic rings. The van der Waals surface area contributed by atoms with Crippen LogP contribution < -0.4 is 5.73 Å². The Morgan fingerprint density at radius 1 is 1.31 bits per heavy atom. The van der Waals surface area contributed by atoms with Crippen LogP contribution >= 0.6 is 0 Å². The lowest BCUT2D eigenvalue weighted by Gasteiger charge is -2.09. The predicted molar refractivity (Wildman–Crippen MR) is 68.5 cm³/mol. The second-order valence-corrected chi connectivity index (χ2v) is 4.46. The minimum Gasteiger partial charge on any atom is -0.328 e.